The van der Waals surface area contributed by atoms with Gasteiger partial charge in [0.25, 0.3) is 0 Å². The lowest BCUT2D eigenvalue weighted by atomic mass is 10.6. The van der Waals surface area contributed by atoms with E-state index in [-0.39, 0.29) is 0 Å². The van der Waals surface area contributed by atoms with Crippen molar-refractivity contribution in [2.45, 2.75) is 61.4 Å². The molecule has 0 bridgehead atoms. The van der Waals surface area contributed by atoms with Gasteiger partial charge < -0.3 is 9.80 Å². The van der Waals surface area contributed by atoms with Gasteiger partial charge in [0.05, 0.1) is 16.1 Å². The van der Waals surface area contributed by atoms with Crippen molar-refractivity contribution in [1.29, 1.82) is 0 Å². The number of hydrogen-bond donors (Lipinski definition) is 0. The second kappa shape index (κ2) is 6.76. The standard InChI is InChI=1S/C14H36N2P2Si2/c1-15(2)11(19(5,6)7)13-17-14(18-13)12(16(3)4)20(8,9)10/h11-14,17-18H,1-10H3. The molecule has 6 heteroatoms. The van der Waals surface area contributed by atoms with Crippen molar-refractivity contribution in [1.82, 2.24) is 9.80 Å². The molecule has 2 nitrogen and oxygen atoms in total. The van der Waals surface area contributed by atoms with E-state index in [2.05, 4.69) is 77.3 Å². The Morgan fingerprint density at radius 1 is 0.650 bits per heavy atom. The minimum Gasteiger partial charge on any atom is -0.308 e. The molecular formula is C14H36N2P2Si2. The quantitative estimate of drug-likeness (QED) is 0.533. The third-order valence-electron chi connectivity index (χ3n) is 4.24. The van der Waals surface area contributed by atoms with Crippen molar-refractivity contribution in [2.24, 2.45) is 0 Å². The van der Waals surface area contributed by atoms with E-state index < -0.39 is 16.1 Å². The minimum atomic E-state index is -1.08. The lowest BCUT2D eigenvalue weighted by molar-refractivity contribution is 0.362. The summed E-state index contributed by atoms with van der Waals surface area (Å²) >= 11 is 0. The Balaban J connectivity index is 2.73. The maximum absolute atomic E-state index is 2.54. The second-order valence-electron chi connectivity index (χ2n) is 8.84. The fraction of sp³-hybridized carbons (Fsp3) is 1.00. The Kier molecular flexibility index (Phi) is 6.51. The molecule has 2 atom stereocenters. The summed E-state index contributed by atoms with van der Waals surface area (Å²) in [6, 6.07) is 0. The molecule has 0 aromatic carbocycles. The first kappa shape index (κ1) is 19.3. The van der Waals surface area contributed by atoms with Crippen LogP contribution in [0.1, 0.15) is 0 Å². The molecule has 0 aromatic heterocycles. The van der Waals surface area contributed by atoms with E-state index in [0.29, 0.717) is 0 Å². The van der Waals surface area contributed by atoms with Gasteiger partial charge in [-0.1, -0.05) is 39.3 Å². The van der Waals surface area contributed by atoms with E-state index in [4.69, 9.17) is 0 Å². The highest BCUT2D eigenvalue weighted by Gasteiger charge is 2.47. The van der Waals surface area contributed by atoms with Gasteiger partial charge in [-0.3, -0.25) is 0 Å². The van der Waals surface area contributed by atoms with Gasteiger partial charge in [-0.2, -0.15) is 0 Å². The lowest BCUT2D eigenvalue weighted by Crippen LogP contribution is -2.59. The van der Waals surface area contributed by atoms with Gasteiger partial charge in [0.2, 0.25) is 0 Å². The molecule has 1 rings (SSSR count). The van der Waals surface area contributed by atoms with Crippen LogP contribution in [0.3, 0.4) is 0 Å². The molecule has 0 spiro atoms. The Morgan fingerprint density at radius 3 is 1.05 bits per heavy atom. The van der Waals surface area contributed by atoms with Gasteiger partial charge in [0.15, 0.2) is 0 Å². The first-order valence-corrected chi connectivity index (χ1v) is 17.2. The molecular weight excluding hydrogens is 314 g/mol. The van der Waals surface area contributed by atoms with E-state index in [0.717, 1.165) is 22.1 Å². The van der Waals surface area contributed by atoms with Gasteiger partial charge in [-0.05, 0) is 28.2 Å². The maximum Gasteiger partial charge on any atom is 0.0650 e. The molecule has 1 aliphatic heterocycles. The Hall–Kier alpha value is 1.21. The summed E-state index contributed by atoms with van der Waals surface area (Å²) in [5, 5.41) is 2.00. The summed E-state index contributed by atoms with van der Waals surface area (Å²) in [7, 11) is 9.42. The van der Waals surface area contributed by atoms with Crippen LogP contribution >= 0.6 is 17.2 Å². The van der Waals surface area contributed by atoms with Crippen LogP contribution in [-0.2, 0) is 0 Å². The highest BCUT2D eigenvalue weighted by atomic mass is 31.2. The van der Waals surface area contributed by atoms with E-state index in [1.165, 1.54) is 17.2 Å². The summed E-state index contributed by atoms with van der Waals surface area (Å²) in [5.41, 5.74) is 1.75. The molecule has 0 N–H and O–H groups in total. The van der Waals surface area contributed by atoms with Crippen LogP contribution in [0.25, 0.3) is 0 Å². The van der Waals surface area contributed by atoms with Crippen LogP contribution in [0.2, 0.25) is 39.3 Å². The number of hydrogen-bond acceptors (Lipinski definition) is 2. The molecule has 20 heavy (non-hydrogen) atoms. The monoisotopic (exact) mass is 350 g/mol. The second-order valence-corrected chi connectivity index (χ2v) is 23.8. The summed E-state index contributed by atoms with van der Waals surface area (Å²) < 4.78 is 0. The molecule has 2 unspecified atom stereocenters. The Bertz CT molecular complexity index is 288. The summed E-state index contributed by atoms with van der Waals surface area (Å²) in [5.74, 6) is 0. The zero-order valence-corrected chi connectivity index (χ0v) is 19.2. The van der Waals surface area contributed by atoms with E-state index >= 15 is 0 Å². The predicted molar refractivity (Wildman–Crippen MR) is 106 cm³/mol. The van der Waals surface area contributed by atoms with Crippen LogP contribution < -0.4 is 0 Å². The molecule has 120 valence electrons. The third-order valence-corrected chi connectivity index (χ3v) is 15.5. The molecule has 1 aliphatic rings. The van der Waals surface area contributed by atoms with E-state index in [1.54, 1.807) is 0 Å². The van der Waals surface area contributed by atoms with Gasteiger partial charge in [-0.15, -0.1) is 17.2 Å². The molecule has 0 aliphatic carbocycles. The maximum atomic E-state index is 2.54. The van der Waals surface area contributed by atoms with Gasteiger partial charge in [-0.25, -0.2) is 0 Å². The first-order chi connectivity index (χ1) is 8.85. The van der Waals surface area contributed by atoms with Crippen molar-refractivity contribution < 1.29 is 0 Å². The van der Waals surface area contributed by atoms with Crippen molar-refractivity contribution in [2.75, 3.05) is 28.2 Å². The van der Waals surface area contributed by atoms with Crippen LogP contribution in [0, 0.1) is 0 Å². The molecule has 0 radical (unpaired) electrons. The number of rotatable bonds is 6. The Morgan fingerprint density at radius 2 is 0.900 bits per heavy atom. The van der Waals surface area contributed by atoms with Crippen LogP contribution in [0.5, 0.6) is 0 Å². The highest BCUT2D eigenvalue weighted by molar-refractivity contribution is 7.76. The van der Waals surface area contributed by atoms with Crippen LogP contribution in [0.4, 0.5) is 0 Å². The summed E-state index contributed by atoms with van der Waals surface area (Å²) in [4.78, 5) is 5.07. The average molecular weight is 351 g/mol. The van der Waals surface area contributed by atoms with E-state index in [9.17, 15) is 0 Å². The van der Waals surface area contributed by atoms with Crippen LogP contribution in [0.15, 0.2) is 0 Å². The molecule has 1 heterocycles. The number of nitrogens with zero attached hydrogens (tertiary/aromatic N) is 2. The Labute approximate surface area is 133 Å². The molecule has 1 fully saturated rings. The summed E-state index contributed by atoms with van der Waals surface area (Å²) in [6.07, 6.45) is 0. The van der Waals surface area contributed by atoms with Gasteiger partial charge in [0, 0.05) is 22.1 Å². The normalized spacial score (nSPS) is 30.0. The van der Waals surface area contributed by atoms with Crippen LogP contribution in [-0.4, -0.2) is 76.3 Å². The largest absolute Gasteiger partial charge is 0.308 e. The molecule has 0 aromatic rings. The van der Waals surface area contributed by atoms with Crippen molar-refractivity contribution in [3.05, 3.63) is 0 Å². The lowest BCUT2D eigenvalue weighted by Gasteiger charge is -2.53. The fourth-order valence-electron chi connectivity index (χ4n) is 3.90. The highest BCUT2D eigenvalue weighted by Crippen LogP contribution is 2.63. The molecule has 0 saturated carbocycles. The average Bonchev–Trinajstić information content (AvgIpc) is 2.07. The molecule has 1 saturated heterocycles. The smallest absolute Gasteiger partial charge is 0.0650 e. The zero-order valence-electron chi connectivity index (χ0n) is 15.2. The molecule has 0 amide bonds. The van der Waals surface area contributed by atoms with Gasteiger partial charge >= 0.3 is 0 Å². The third kappa shape index (κ3) is 4.60. The van der Waals surface area contributed by atoms with Crippen molar-refractivity contribution >= 4 is 33.3 Å². The fourth-order valence-corrected chi connectivity index (χ4v) is 20.5. The van der Waals surface area contributed by atoms with Crippen molar-refractivity contribution in [3.63, 3.8) is 0 Å². The predicted octanol–water partition coefficient (Wildman–Crippen LogP) is 3.62. The zero-order chi connectivity index (χ0) is 15.9. The van der Waals surface area contributed by atoms with E-state index in [1.807, 2.05) is 0 Å². The van der Waals surface area contributed by atoms with Gasteiger partial charge in [0.1, 0.15) is 0 Å². The summed E-state index contributed by atoms with van der Waals surface area (Å²) in [6.45, 7) is 15.3. The van der Waals surface area contributed by atoms with Crippen molar-refractivity contribution in [3.8, 4) is 0 Å². The first-order valence-electron chi connectivity index (χ1n) is 7.70. The minimum absolute atomic E-state index is 0.875. The topological polar surface area (TPSA) is 6.48 Å². The SMILES string of the molecule is CN(C)C(C1PC(C(N(C)C)[Si](C)(C)C)P1)[Si](C)(C)C.